The number of nitrogens with zero attached hydrogens (tertiary/aromatic N) is 3. The highest BCUT2D eigenvalue weighted by atomic mass is 15.3. The Morgan fingerprint density at radius 1 is 1.20 bits per heavy atom. The summed E-state index contributed by atoms with van der Waals surface area (Å²) in [4.78, 5) is 11.2. The van der Waals surface area contributed by atoms with Gasteiger partial charge in [-0.15, -0.1) is 0 Å². The smallest absolute Gasteiger partial charge is 0.229 e. The van der Waals surface area contributed by atoms with E-state index in [0.29, 0.717) is 0 Å². The summed E-state index contributed by atoms with van der Waals surface area (Å²) in [6.07, 6.45) is 6.06. The molecule has 2 aromatic rings. The van der Waals surface area contributed by atoms with E-state index < -0.39 is 0 Å². The van der Waals surface area contributed by atoms with Crippen LogP contribution in [0.15, 0.2) is 36.7 Å². The van der Waals surface area contributed by atoms with E-state index in [9.17, 15) is 0 Å². The van der Waals surface area contributed by atoms with Crippen molar-refractivity contribution < 1.29 is 0 Å². The Balaban J connectivity index is 1.73. The van der Waals surface area contributed by atoms with Crippen molar-refractivity contribution in [2.24, 2.45) is 0 Å². The highest BCUT2D eigenvalue weighted by molar-refractivity contribution is 5.65. The second-order valence-electron chi connectivity index (χ2n) is 5.10. The summed E-state index contributed by atoms with van der Waals surface area (Å²) in [5.74, 6) is 0.800. The standard InChI is InChI=1S/C16H20N4/c1-2-8-17-10-13-11-18-16(19-12-13)20-9-7-14-5-3-4-6-15(14)20/h3-6,11-12,17H,2,7-10H2,1H3. The Morgan fingerprint density at radius 3 is 2.80 bits per heavy atom. The van der Waals surface area contributed by atoms with E-state index in [0.717, 1.165) is 44.0 Å². The topological polar surface area (TPSA) is 41.1 Å². The molecule has 0 saturated heterocycles. The first-order chi connectivity index (χ1) is 9.88. The fraction of sp³-hybridized carbons (Fsp3) is 0.375. The molecule has 3 rings (SSSR count). The maximum atomic E-state index is 4.51. The highest BCUT2D eigenvalue weighted by Crippen LogP contribution is 2.31. The molecule has 1 aliphatic rings. The van der Waals surface area contributed by atoms with Crippen molar-refractivity contribution in [2.75, 3.05) is 18.0 Å². The van der Waals surface area contributed by atoms with E-state index in [-0.39, 0.29) is 0 Å². The van der Waals surface area contributed by atoms with Gasteiger partial charge in [0.15, 0.2) is 0 Å². The minimum Gasteiger partial charge on any atom is -0.313 e. The number of rotatable bonds is 5. The van der Waals surface area contributed by atoms with Crippen LogP contribution >= 0.6 is 0 Å². The fourth-order valence-electron chi connectivity index (χ4n) is 2.53. The second kappa shape index (κ2) is 6.01. The average Bonchev–Trinajstić information content (AvgIpc) is 2.92. The first-order valence-corrected chi connectivity index (χ1v) is 7.25. The van der Waals surface area contributed by atoms with Crippen LogP contribution in [0.5, 0.6) is 0 Å². The average molecular weight is 268 g/mol. The molecule has 0 amide bonds. The summed E-state index contributed by atoms with van der Waals surface area (Å²) in [6, 6.07) is 8.48. The number of fused-ring (bicyclic) bond motifs is 1. The van der Waals surface area contributed by atoms with Gasteiger partial charge in [0.1, 0.15) is 0 Å². The van der Waals surface area contributed by atoms with Crippen molar-refractivity contribution in [3.8, 4) is 0 Å². The predicted octanol–water partition coefficient (Wildman–Crippen LogP) is 2.67. The maximum Gasteiger partial charge on any atom is 0.229 e. The molecular formula is C16H20N4. The molecule has 0 saturated carbocycles. The summed E-state index contributed by atoms with van der Waals surface area (Å²) >= 11 is 0. The Labute approximate surface area is 119 Å². The van der Waals surface area contributed by atoms with Crippen LogP contribution in [0, 0.1) is 0 Å². The second-order valence-corrected chi connectivity index (χ2v) is 5.10. The van der Waals surface area contributed by atoms with Crippen LogP contribution in [-0.4, -0.2) is 23.1 Å². The summed E-state index contributed by atoms with van der Waals surface area (Å²) in [6.45, 7) is 5.00. The molecule has 0 atom stereocenters. The third-order valence-corrected chi connectivity index (χ3v) is 3.58. The number of para-hydroxylation sites is 1. The van der Waals surface area contributed by atoms with Gasteiger partial charge in [0.05, 0.1) is 0 Å². The molecule has 0 aliphatic carbocycles. The van der Waals surface area contributed by atoms with Crippen LogP contribution in [0.3, 0.4) is 0 Å². The number of hydrogen-bond donors (Lipinski definition) is 1. The van der Waals surface area contributed by atoms with Gasteiger partial charge in [0.2, 0.25) is 5.95 Å². The summed E-state index contributed by atoms with van der Waals surface area (Å²) in [7, 11) is 0. The van der Waals surface area contributed by atoms with Gasteiger partial charge in [-0.3, -0.25) is 0 Å². The van der Waals surface area contributed by atoms with Crippen LogP contribution < -0.4 is 10.2 Å². The molecule has 104 valence electrons. The van der Waals surface area contributed by atoms with Gasteiger partial charge in [-0.25, -0.2) is 9.97 Å². The lowest BCUT2D eigenvalue weighted by molar-refractivity contribution is 0.671. The minimum atomic E-state index is 0.800. The Bertz CT molecular complexity index is 565. The molecule has 4 nitrogen and oxygen atoms in total. The van der Waals surface area contributed by atoms with Crippen LogP contribution in [0.2, 0.25) is 0 Å². The van der Waals surface area contributed by atoms with Crippen LogP contribution in [0.4, 0.5) is 11.6 Å². The lowest BCUT2D eigenvalue weighted by atomic mass is 10.2. The van der Waals surface area contributed by atoms with Crippen molar-refractivity contribution in [3.63, 3.8) is 0 Å². The molecule has 0 fully saturated rings. The zero-order chi connectivity index (χ0) is 13.8. The number of aromatic nitrogens is 2. The Kier molecular flexibility index (Phi) is 3.92. The predicted molar refractivity (Wildman–Crippen MR) is 81.2 cm³/mol. The molecular weight excluding hydrogens is 248 g/mol. The number of nitrogens with one attached hydrogen (secondary N) is 1. The number of benzene rings is 1. The molecule has 2 heterocycles. The monoisotopic (exact) mass is 268 g/mol. The van der Waals surface area contributed by atoms with Gasteiger partial charge in [-0.1, -0.05) is 25.1 Å². The van der Waals surface area contributed by atoms with Crippen molar-refractivity contribution in [3.05, 3.63) is 47.8 Å². The zero-order valence-electron chi connectivity index (χ0n) is 11.8. The summed E-state index contributed by atoms with van der Waals surface area (Å²) < 4.78 is 0. The maximum absolute atomic E-state index is 4.51. The van der Waals surface area contributed by atoms with E-state index in [2.05, 4.69) is 51.4 Å². The van der Waals surface area contributed by atoms with E-state index in [1.54, 1.807) is 0 Å². The summed E-state index contributed by atoms with van der Waals surface area (Å²) in [5.41, 5.74) is 3.75. The minimum absolute atomic E-state index is 0.800. The fourth-order valence-corrected chi connectivity index (χ4v) is 2.53. The van der Waals surface area contributed by atoms with Gasteiger partial charge < -0.3 is 10.2 Å². The molecule has 0 unspecified atom stereocenters. The van der Waals surface area contributed by atoms with Crippen molar-refractivity contribution in [2.45, 2.75) is 26.3 Å². The molecule has 1 aromatic heterocycles. The first-order valence-electron chi connectivity index (χ1n) is 7.25. The zero-order valence-corrected chi connectivity index (χ0v) is 11.8. The molecule has 1 aliphatic heterocycles. The molecule has 4 heteroatoms. The van der Waals surface area contributed by atoms with Crippen LogP contribution in [0.25, 0.3) is 0 Å². The molecule has 0 bridgehead atoms. The van der Waals surface area contributed by atoms with Crippen LogP contribution in [0.1, 0.15) is 24.5 Å². The van der Waals surface area contributed by atoms with E-state index in [1.807, 2.05) is 12.4 Å². The van der Waals surface area contributed by atoms with Gasteiger partial charge in [0.25, 0.3) is 0 Å². The van der Waals surface area contributed by atoms with E-state index in [1.165, 1.54) is 11.3 Å². The van der Waals surface area contributed by atoms with Gasteiger partial charge in [0, 0.05) is 36.7 Å². The molecule has 1 N–H and O–H groups in total. The van der Waals surface area contributed by atoms with Crippen molar-refractivity contribution >= 4 is 11.6 Å². The highest BCUT2D eigenvalue weighted by Gasteiger charge is 2.21. The van der Waals surface area contributed by atoms with E-state index >= 15 is 0 Å². The van der Waals surface area contributed by atoms with Crippen molar-refractivity contribution in [1.82, 2.24) is 15.3 Å². The first kappa shape index (κ1) is 13.1. The van der Waals surface area contributed by atoms with Gasteiger partial charge in [-0.05, 0) is 31.0 Å². The molecule has 1 aromatic carbocycles. The van der Waals surface area contributed by atoms with E-state index in [4.69, 9.17) is 0 Å². The SMILES string of the molecule is CCCNCc1cnc(N2CCc3ccccc32)nc1. The quantitative estimate of drug-likeness (QED) is 0.846. The van der Waals surface area contributed by atoms with Gasteiger partial charge >= 0.3 is 0 Å². The summed E-state index contributed by atoms with van der Waals surface area (Å²) in [5, 5.41) is 3.36. The number of hydrogen-bond acceptors (Lipinski definition) is 4. The van der Waals surface area contributed by atoms with Crippen molar-refractivity contribution in [1.29, 1.82) is 0 Å². The third-order valence-electron chi connectivity index (χ3n) is 3.58. The lowest BCUT2D eigenvalue weighted by Gasteiger charge is -2.17. The Hall–Kier alpha value is -1.94. The molecule has 20 heavy (non-hydrogen) atoms. The molecule has 0 spiro atoms. The van der Waals surface area contributed by atoms with Crippen LogP contribution in [-0.2, 0) is 13.0 Å². The number of anilines is 2. The lowest BCUT2D eigenvalue weighted by Crippen LogP contribution is -2.18. The largest absolute Gasteiger partial charge is 0.313 e. The normalized spacial score (nSPS) is 13.6. The third kappa shape index (κ3) is 2.65. The Morgan fingerprint density at radius 2 is 2.00 bits per heavy atom. The van der Waals surface area contributed by atoms with Gasteiger partial charge in [-0.2, -0.15) is 0 Å². The molecule has 0 radical (unpaired) electrons.